The summed E-state index contributed by atoms with van der Waals surface area (Å²) >= 11 is 0. The average molecular weight is 144 g/mol. The molecule has 0 aromatic heterocycles. The van der Waals surface area contributed by atoms with Crippen molar-refractivity contribution >= 4 is 11.9 Å². The first-order valence-corrected chi connectivity index (χ1v) is 2.40. The van der Waals surface area contributed by atoms with Crippen molar-refractivity contribution < 1.29 is 19.8 Å². The van der Waals surface area contributed by atoms with E-state index in [9.17, 15) is 9.59 Å². The Morgan fingerprint density at radius 1 is 1.00 bits per heavy atom. The summed E-state index contributed by atoms with van der Waals surface area (Å²) in [7, 11) is 0. The third kappa shape index (κ3) is 16.1. The van der Waals surface area contributed by atoms with Gasteiger partial charge in [-0.2, -0.15) is 0 Å². The zero-order valence-corrected chi connectivity index (χ0v) is 5.28. The second-order valence-corrected chi connectivity index (χ2v) is 1.29. The Morgan fingerprint density at radius 2 is 1.20 bits per heavy atom. The second-order valence-electron chi connectivity index (χ2n) is 1.29. The molecule has 0 rings (SSSR count). The molecule has 0 saturated carbocycles. The van der Waals surface area contributed by atoms with Crippen molar-refractivity contribution in [1.82, 2.24) is 0 Å². The van der Waals surface area contributed by atoms with Crippen LogP contribution in [0.25, 0.3) is 0 Å². The Hall–Kier alpha value is -1.50. The van der Waals surface area contributed by atoms with E-state index in [0.717, 1.165) is 0 Å². The molecule has 0 aliphatic heterocycles. The Morgan fingerprint density at radius 3 is 1.30 bits per heavy atom. The van der Waals surface area contributed by atoms with Gasteiger partial charge in [0, 0.05) is 0 Å². The highest BCUT2D eigenvalue weighted by Crippen LogP contribution is 1.85. The van der Waals surface area contributed by atoms with Crippen molar-refractivity contribution in [3.8, 4) is 12.8 Å². The van der Waals surface area contributed by atoms with E-state index in [2.05, 4.69) is 12.8 Å². The van der Waals surface area contributed by atoms with Crippen LogP contribution in [0.2, 0.25) is 0 Å². The van der Waals surface area contributed by atoms with Crippen molar-refractivity contribution in [1.29, 1.82) is 0 Å². The maximum atomic E-state index is 9.64. The fraction of sp³-hybridized carbons (Fsp3) is 0.333. The maximum Gasteiger partial charge on any atom is 0.303 e. The number of carboxylic acids is 2. The predicted molar refractivity (Wildman–Crippen MR) is 34.4 cm³/mol. The molecule has 0 aromatic carbocycles. The molecule has 0 bridgehead atoms. The summed E-state index contributed by atoms with van der Waals surface area (Å²) in [4.78, 5) is 19.3. The molecule has 10 heavy (non-hydrogen) atoms. The minimum absolute atomic E-state index is 0.296. The summed E-state index contributed by atoms with van der Waals surface area (Å²) in [5, 5.41) is 15.8. The minimum Gasteiger partial charge on any atom is -0.481 e. The summed E-state index contributed by atoms with van der Waals surface area (Å²) < 4.78 is 0. The normalized spacial score (nSPS) is 7.00. The van der Waals surface area contributed by atoms with Gasteiger partial charge in [0.1, 0.15) is 0 Å². The lowest BCUT2D eigenvalue weighted by Gasteiger charge is -1.85. The molecule has 0 radical (unpaired) electrons. The van der Waals surface area contributed by atoms with Gasteiger partial charge in [-0.3, -0.25) is 9.59 Å². The lowest BCUT2D eigenvalue weighted by atomic mass is 10.3. The van der Waals surface area contributed by atoms with Gasteiger partial charge < -0.3 is 10.2 Å². The van der Waals surface area contributed by atoms with Crippen molar-refractivity contribution in [3.63, 3.8) is 0 Å². The van der Waals surface area contributed by atoms with Crippen LogP contribution in [0, 0.1) is 12.8 Å². The molecule has 0 atom stereocenters. The average Bonchev–Trinajstić information content (AvgIpc) is 1.89. The molecule has 0 aromatic rings. The number of hydrogen-bond acceptors (Lipinski definition) is 2. The highest BCUT2D eigenvalue weighted by molar-refractivity contribution is 5.75. The molecule has 0 fully saturated rings. The molecule has 0 amide bonds. The van der Waals surface area contributed by atoms with Crippen LogP contribution < -0.4 is 0 Å². The van der Waals surface area contributed by atoms with Gasteiger partial charge in [0.25, 0.3) is 0 Å². The molecule has 4 nitrogen and oxygen atoms in total. The zero-order valence-electron chi connectivity index (χ0n) is 5.28. The topological polar surface area (TPSA) is 74.6 Å². The van der Waals surface area contributed by atoms with Crippen LogP contribution in [-0.4, -0.2) is 22.2 Å². The van der Waals surface area contributed by atoms with Gasteiger partial charge in [-0.1, -0.05) is 0 Å². The molecule has 4 heteroatoms. The Balaban J connectivity index is 0. The third-order valence-corrected chi connectivity index (χ3v) is 0.553. The predicted octanol–water partition coefficient (Wildman–Crippen LogP) is 0.185. The fourth-order valence-electron chi connectivity index (χ4n) is 0.214. The molecule has 0 unspecified atom stereocenters. The third-order valence-electron chi connectivity index (χ3n) is 0.553. The minimum atomic E-state index is -1.08. The van der Waals surface area contributed by atoms with E-state index >= 15 is 0 Å². The van der Waals surface area contributed by atoms with Crippen LogP contribution in [-0.2, 0) is 9.59 Å². The van der Waals surface area contributed by atoms with E-state index in [1.165, 1.54) is 0 Å². The van der Waals surface area contributed by atoms with Crippen LogP contribution in [0.1, 0.15) is 12.8 Å². The second kappa shape index (κ2) is 7.50. The van der Waals surface area contributed by atoms with E-state index in [0.29, 0.717) is 0 Å². The maximum absolute atomic E-state index is 9.64. The monoisotopic (exact) mass is 144 g/mol. The van der Waals surface area contributed by atoms with Gasteiger partial charge in [0.05, 0.1) is 12.8 Å². The van der Waals surface area contributed by atoms with Gasteiger partial charge in [0.2, 0.25) is 0 Å². The van der Waals surface area contributed by atoms with Gasteiger partial charge in [0.15, 0.2) is 0 Å². The lowest BCUT2D eigenvalue weighted by Crippen LogP contribution is -2.00. The van der Waals surface area contributed by atoms with Crippen molar-refractivity contribution in [2.45, 2.75) is 12.8 Å². The molecule has 2 N–H and O–H groups in total. The summed E-state index contributed by atoms with van der Waals surface area (Å²) in [6.45, 7) is 0. The highest BCUT2D eigenvalue weighted by Gasteiger charge is 2.00. The summed E-state index contributed by atoms with van der Waals surface area (Å²) in [6.07, 6.45) is 7.41. The van der Waals surface area contributed by atoms with Crippen molar-refractivity contribution in [2.75, 3.05) is 0 Å². The molecule has 0 aliphatic carbocycles. The molecule has 0 spiro atoms. The van der Waals surface area contributed by atoms with Crippen molar-refractivity contribution in [3.05, 3.63) is 0 Å². The SMILES string of the molecule is C#C.O=C(O)CCC(=O)O. The number of aliphatic carboxylic acids is 2. The largest absolute Gasteiger partial charge is 0.481 e. The Bertz CT molecular complexity index is 122. The first-order valence-electron chi connectivity index (χ1n) is 2.40. The molecule has 56 valence electrons. The first kappa shape index (κ1) is 11.3. The molecule has 0 saturated heterocycles. The fourth-order valence-corrected chi connectivity index (χ4v) is 0.214. The van der Waals surface area contributed by atoms with E-state index in [1.54, 1.807) is 0 Å². The van der Waals surface area contributed by atoms with E-state index in [-0.39, 0.29) is 12.8 Å². The highest BCUT2D eigenvalue weighted by atomic mass is 16.4. The van der Waals surface area contributed by atoms with Crippen molar-refractivity contribution in [2.24, 2.45) is 0 Å². The van der Waals surface area contributed by atoms with E-state index in [4.69, 9.17) is 10.2 Å². The van der Waals surface area contributed by atoms with Crippen LogP contribution in [0.4, 0.5) is 0 Å². The number of carbonyl (C=O) groups is 2. The van der Waals surface area contributed by atoms with Gasteiger partial charge in [-0.15, -0.1) is 12.8 Å². The Kier molecular flexibility index (Phi) is 8.49. The number of terminal acetylenes is 1. The Labute approximate surface area is 58.5 Å². The van der Waals surface area contributed by atoms with E-state index < -0.39 is 11.9 Å². The smallest absolute Gasteiger partial charge is 0.303 e. The zero-order chi connectivity index (χ0) is 8.57. The quantitative estimate of drug-likeness (QED) is 0.554. The molecule has 0 aliphatic rings. The van der Waals surface area contributed by atoms with Crippen LogP contribution in [0.3, 0.4) is 0 Å². The number of rotatable bonds is 3. The lowest BCUT2D eigenvalue weighted by molar-refractivity contribution is -0.143. The van der Waals surface area contributed by atoms with Crippen LogP contribution >= 0.6 is 0 Å². The summed E-state index contributed by atoms with van der Waals surface area (Å²) in [5.74, 6) is -2.15. The van der Waals surface area contributed by atoms with Gasteiger partial charge in [-0.25, -0.2) is 0 Å². The summed E-state index contributed by atoms with van der Waals surface area (Å²) in [5.41, 5.74) is 0. The van der Waals surface area contributed by atoms with Crippen LogP contribution in [0.15, 0.2) is 0 Å². The van der Waals surface area contributed by atoms with E-state index in [1.807, 2.05) is 0 Å². The van der Waals surface area contributed by atoms with Crippen LogP contribution in [0.5, 0.6) is 0 Å². The van der Waals surface area contributed by atoms with Gasteiger partial charge >= 0.3 is 11.9 Å². The number of hydrogen-bond donors (Lipinski definition) is 2. The first-order chi connectivity index (χ1) is 4.63. The molecular formula is C6H8O4. The molecular weight excluding hydrogens is 136 g/mol. The molecule has 0 heterocycles. The van der Waals surface area contributed by atoms with Gasteiger partial charge in [-0.05, 0) is 0 Å². The summed E-state index contributed by atoms with van der Waals surface area (Å²) in [6, 6.07) is 0. The number of carboxylic acid groups (broad SMARTS) is 2. The standard InChI is InChI=1S/C4H6O4.C2H2/c5-3(6)1-2-4(7)8;1-2/h1-2H2,(H,5,6)(H,7,8);1-2H.